The van der Waals surface area contributed by atoms with Crippen LogP contribution >= 0.6 is 12.2 Å². The van der Waals surface area contributed by atoms with Crippen molar-refractivity contribution in [3.63, 3.8) is 0 Å². The number of hydrogen-bond acceptors (Lipinski definition) is 4. The van der Waals surface area contributed by atoms with Crippen LogP contribution in [0, 0.1) is 5.92 Å². The van der Waals surface area contributed by atoms with E-state index >= 15 is 0 Å². The summed E-state index contributed by atoms with van der Waals surface area (Å²) >= 11 is 4.88. The van der Waals surface area contributed by atoms with Gasteiger partial charge < -0.3 is 15.4 Å². The average Bonchev–Trinajstić information content (AvgIpc) is 2.78. The lowest BCUT2D eigenvalue weighted by Gasteiger charge is -2.18. The Hall–Kier alpha value is -1.20. The van der Waals surface area contributed by atoms with Crippen LogP contribution in [0.25, 0.3) is 0 Å². The van der Waals surface area contributed by atoms with E-state index < -0.39 is 0 Å². The molecule has 0 spiro atoms. The quantitative estimate of drug-likeness (QED) is 0.815. The highest BCUT2D eigenvalue weighted by Crippen LogP contribution is 2.23. The Balaban J connectivity index is 2.01. The number of thiocarbonyl (C=S) groups is 1. The van der Waals surface area contributed by atoms with Crippen molar-refractivity contribution in [3.05, 3.63) is 24.0 Å². The Bertz CT molecular complexity index is 393. The Morgan fingerprint density at radius 2 is 2.47 bits per heavy atom. The monoisotopic (exact) mass is 251 g/mol. The van der Waals surface area contributed by atoms with Crippen molar-refractivity contribution < 1.29 is 4.74 Å². The van der Waals surface area contributed by atoms with Gasteiger partial charge in [0.25, 0.3) is 0 Å². The zero-order chi connectivity index (χ0) is 12.3. The van der Waals surface area contributed by atoms with Gasteiger partial charge in [-0.1, -0.05) is 12.2 Å². The Morgan fingerprint density at radius 1 is 1.65 bits per heavy atom. The molecule has 0 bridgehead atoms. The molecule has 2 N–H and O–H groups in total. The molecule has 1 aliphatic heterocycles. The Kier molecular flexibility index (Phi) is 3.91. The summed E-state index contributed by atoms with van der Waals surface area (Å²) in [4.78, 5) is 6.92. The maximum absolute atomic E-state index is 5.52. The van der Waals surface area contributed by atoms with Crippen LogP contribution in [0.3, 0.4) is 0 Å². The molecule has 0 radical (unpaired) electrons. The first-order valence-corrected chi connectivity index (χ1v) is 6.11. The third kappa shape index (κ3) is 2.92. The number of anilines is 1. The van der Waals surface area contributed by atoms with Crippen LogP contribution in [-0.4, -0.2) is 36.8 Å². The van der Waals surface area contributed by atoms with E-state index in [1.807, 2.05) is 18.3 Å². The van der Waals surface area contributed by atoms with Crippen LogP contribution in [0.1, 0.15) is 12.1 Å². The Morgan fingerprint density at radius 3 is 3.06 bits per heavy atom. The highest BCUT2D eigenvalue weighted by atomic mass is 32.1. The second kappa shape index (κ2) is 5.42. The molecular weight excluding hydrogens is 234 g/mol. The summed E-state index contributed by atoms with van der Waals surface area (Å²) in [5, 5.41) is 0. The SMILES string of the molecule is COCC1CCN(c2ccc(C(N)=S)nc2)C1. The molecule has 92 valence electrons. The first-order valence-electron chi connectivity index (χ1n) is 5.70. The molecule has 1 aromatic heterocycles. The maximum Gasteiger partial charge on any atom is 0.122 e. The molecule has 1 aromatic rings. The molecule has 1 unspecified atom stereocenters. The van der Waals surface area contributed by atoms with E-state index in [-0.39, 0.29) is 0 Å². The number of nitrogens with two attached hydrogens (primary N) is 1. The number of rotatable bonds is 4. The smallest absolute Gasteiger partial charge is 0.122 e. The van der Waals surface area contributed by atoms with Gasteiger partial charge in [-0.15, -0.1) is 0 Å². The minimum Gasteiger partial charge on any atom is -0.388 e. The van der Waals surface area contributed by atoms with Gasteiger partial charge in [0.05, 0.1) is 24.2 Å². The van der Waals surface area contributed by atoms with Gasteiger partial charge in [-0.25, -0.2) is 0 Å². The topological polar surface area (TPSA) is 51.4 Å². The molecule has 2 rings (SSSR count). The fourth-order valence-corrected chi connectivity index (χ4v) is 2.28. The van der Waals surface area contributed by atoms with Crippen molar-refractivity contribution in [2.24, 2.45) is 11.7 Å². The number of hydrogen-bond donors (Lipinski definition) is 1. The molecule has 1 saturated heterocycles. The van der Waals surface area contributed by atoms with E-state index in [0.29, 0.717) is 16.6 Å². The second-order valence-corrected chi connectivity index (χ2v) is 4.76. The second-order valence-electron chi connectivity index (χ2n) is 4.32. The van der Waals surface area contributed by atoms with Gasteiger partial charge in [-0.2, -0.15) is 0 Å². The lowest BCUT2D eigenvalue weighted by molar-refractivity contribution is 0.161. The minimum atomic E-state index is 0.343. The summed E-state index contributed by atoms with van der Waals surface area (Å²) in [6.45, 7) is 2.92. The van der Waals surface area contributed by atoms with E-state index in [9.17, 15) is 0 Å². The van der Waals surface area contributed by atoms with Gasteiger partial charge in [-0.05, 0) is 18.6 Å². The number of aromatic nitrogens is 1. The van der Waals surface area contributed by atoms with Gasteiger partial charge in [0.2, 0.25) is 0 Å². The molecule has 1 atom stereocenters. The van der Waals surface area contributed by atoms with Crippen LogP contribution in [0.2, 0.25) is 0 Å². The van der Waals surface area contributed by atoms with Crippen molar-refractivity contribution in [1.29, 1.82) is 0 Å². The zero-order valence-corrected chi connectivity index (χ0v) is 10.7. The third-order valence-electron chi connectivity index (χ3n) is 3.05. The highest BCUT2D eigenvalue weighted by Gasteiger charge is 2.22. The van der Waals surface area contributed by atoms with E-state index in [1.165, 1.54) is 6.42 Å². The molecular formula is C12H17N3OS. The van der Waals surface area contributed by atoms with Crippen LogP contribution in [0.4, 0.5) is 5.69 Å². The van der Waals surface area contributed by atoms with E-state index in [0.717, 1.165) is 25.4 Å². The molecule has 0 amide bonds. The molecule has 0 aliphatic carbocycles. The summed E-state index contributed by atoms with van der Waals surface area (Å²) in [5.41, 5.74) is 7.32. The molecule has 1 aliphatic rings. The van der Waals surface area contributed by atoms with Gasteiger partial charge >= 0.3 is 0 Å². The summed E-state index contributed by atoms with van der Waals surface area (Å²) in [7, 11) is 1.75. The standard InChI is InChI=1S/C12H17N3OS/c1-16-8-9-4-5-15(7-9)10-2-3-11(12(13)17)14-6-10/h2-3,6,9H,4-5,7-8H2,1H3,(H2,13,17). The van der Waals surface area contributed by atoms with Crippen LogP contribution in [-0.2, 0) is 4.74 Å². The van der Waals surface area contributed by atoms with Gasteiger partial charge in [0, 0.05) is 26.1 Å². The van der Waals surface area contributed by atoms with Gasteiger partial charge in [0.15, 0.2) is 0 Å². The molecule has 0 saturated carbocycles. The Labute approximate surface area is 107 Å². The maximum atomic E-state index is 5.52. The molecule has 5 heteroatoms. The van der Waals surface area contributed by atoms with Crippen LogP contribution in [0.5, 0.6) is 0 Å². The van der Waals surface area contributed by atoms with Crippen molar-refractivity contribution in [1.82, 2.24) is 4.98 Å². The summed E-state index contributed by atoms with van der Waals surface area (Å²) in [5.74, 6) is 0.621. The van der Waals surface area contributed by atoms with Crippen molar-refractivity contribution in [3.8, 4) is 0 Å². The highest BCUT2D eigenvalue weighted by molar-refractivity contribution is 7.80. The number of methoxy groups -OCH3 is 1. The van der Waals surface area contributed by atoms with E-state index in [4.69, 9.17) is 22.7 Å². The average molecular weight is 251 g/mol. The first kappa shape index (κ1) is 12.3. The molecule has 4 nitrogen and oxygen atoms in total. The third-order valence-corrected chi connectivity index (χ3v) is 3.26. The van der Waals surface area contributed by atoms with E-state index in [2.05, 4.69) is 9.88 Å². The predicted molar refractivity (Wildman–Crippen MR) is 72.3 cm³/mol. The largest absolute Gasteiger partial charge is 0.388 e. The number of nitrogens with zero attached hydrogens (tertiary/aromatic N) is 2. The molecule has 1 fully saturated rings. The molecule has 2 heterocycles. The van der Waals surface area contributed by atoms with Gasteiger partial charge in [0.1, 0.15) is 4.99 Å². The molecule has 17 heavy (non-hydrogen) atoms. The number of pyridine rings is 1. The number of ether oxygens (including phenoxy) is 1. The fourth-order valence-electron chi connectivity index (χ4n) is 2.16. The fraction of sp³-hybridized carbons (Fsp3) is 0.500. The van der Waals surface area contributed by atoms with Crippen LogP contribution < -0.4 is 10.6 Å². The molecule has 0 aromatic carbocycles. The van der Waals surface area contributed by atoms with Crippen molar-refractivity contribution in [2.45, 2.75) is 6.42 Å². The predicted octanol–water partition coefficient (Wildman–Crippen LogP) is 1.19. The zero-order valence-electron chi connectivity index (χ0n) is 9.93. The van der Waals surface area contributed by atoms with E-state index in [1.54, 1.807) is 7.11 Å². The summed E-state index contributed by atoms with van der Waals surface area (Å²) in [6.07, 6.45) is 3.01. The summed E-state index contributed by atoms with van der Waals surface area (Å²) in [6, 6.07) is 3.90. The van der Waals surface area contributed by atoms with Crippen LogP contribution in [0.15, 0.2) is 18.3 Å². The normalized spacial score (nSPS) is 19.6. The summed E-state index contributed by atoms with van der Waals surface area (Å²) < 4.78 is 5.18. The lowest BCUT2D eigenvalue weighted by Crippen LogP contribution is -2.21. The van der Waals surface area contributed by atoms with Gasteiger partial charge in [-0.3, -0.25) is 4.98 Å². The lowest BCUT2D eigenvalue weighted by atomic mass is 10.1. The van der Waals surface area contributed by atoms with Crippen molar-refractivity contribution in [2.75, 3.05) is 31.7 Å². The minimum absolute atomic E-state index is 0.343. The van der Waals surface area contributed by atoms with Crippen molar-refractivity contribution >= 4 is 22.9 Å². The first-order chi connectivity index (χ1) is 8.20.